The zero-order chi connectivity index (χ0) is 20.1. The summed E-state index contributed by atoms with van der Waals surface area (Å²) in [4.78, 5) is 31.8. The van der Waals surface area contributed by atoms with Crippen LogP contribution >= 0.6 is 0 Å². The molecule has 6 nitrogen and oxygen atoms in total. The molecule has 3 aliphatic heterocycles. The van der Waals surface area contributed by atoms with Crippen molar-refractivity contribution in [2.24, 2.45) is 11.8 Å². The molecule has 3 amide bonds. The number of rotatable bonds is 4. The molecule has 1 N–H and O–H groups in total. The molecular weight excluding hydrogens is 364 g/mol. The van der Waals surface area contributed by atoms with Crippen molar-refractivity contribution < 1.29 is 9.59 Å². The van der Waals surface area contributed by atoms with Gasteiger partial charge in [-0.05, 0) is 57.3 Å². The van der Waals surface area contributed by atoms with Gasteiger partial charge in [-0.2, -0.15) is 0 Å². The molecule has 164 valence electrons. The largest absolute Gasteiger partial charge is 0.353 e. The highest BCUT2D eigenvalue weighted by molar-refractivity contribution is 5.80. The highest BCUT2D eigenvalue weighted by atomic mass is 16.2. The van der Waals surface area contributed by atoms with E-state index in [2.05, 4.69) is 10.2 Å². The van der Waals surface area contributed by atoms with Gasteiger partial charge in [0.1, 0.15) is 0 Å². The van der Waals surface area contributed by atoms with E-state index in [1.54, 1.807) is 0 Å². The Morgan fingerprint density at radius 3 is 1.97 bits per heavy atom. The van der Waals surface area contributed by atoms with Crippen molar-refractivity contribution in [3.8, 4) is 0 Å². The maximum atomic E-state index is 12.8. The second-order valence-electron chi connectivity index (χ2n) is 9.83. The molecule has 29 heavy (non-hydrogen) atoms. The Balaban J connectivity index is 1.14. The Labute approximate surface area is 176 Å². The van der Waals surface area contributed by atoms with Gasteiger partial charge in [-0.25, -0.2) is 4.79 Å². The average Bonchev–Trinajstić information content (AvgIpc) is 3.30. The number of urea groups is 1. The highest BCUT2D eigenvalue weighted by Crippen LogP contribution is 2.26. The third-order valence-electron chi connectivity index (χ3n) is 7.69. The van der Waals surface area contributed by atoms with Crippen LogP contribution in [0.2, 0.25) is 0 Å². The fourth-order valence-corrected chi connectivity index (χ4v) is 5.76. The number of piperidine rings is 2. The van der Waals surface area contributed by atoms with E-state index >= 15 is 0 Å². The van der Waals surface area contributed by atoms with Crippen molar-refractivity contribution >= 4 is 11.9 Å². The van der Waals surface area contributed by atoms with Crippen molar-refractivity contribution in [2.45, 2.75) is 76.7 Å². The lowest BCUT2D eigenvalue weighted by Crippen LogP contribution is -2.50. The monoisotopic (exact) mass is 404 g/mol. The summed E-state index contributed by atoms with van der Waals surface area (Å²) in [5.74, 6) is 1.21. The summed E-state index contributed by atoms with van der Waals surface area (Å²) in [6, 6.07) is 0.529. The minimum Gasteiger partial charge on any atom is -0.353 e. The highest BCUT2D eigenvalue weighted by Gasteiger charge is 2.32. The molecule has 0 bridgehead atoms. The third-order valence-corrected chi connectivity index (χ3v) is 7.69. The van der Waals surface area contributed by atoms with E-state index in [0.29, 0.717) is 6.04 Å². The van der Waals surface area contributed by atoms with Crippen molar-refractivity contribution in [2.75, 3.05) is 45.8 Å². The van der Waals surface area contributed by atoms with Crippen LogP contribution < -0.4 is 5.32 Å². The second kappa shape index (κ2) is 10.1. The minimum absolute atomic E-state index is 0.0814. The van der Waals surface area contributed by atoms with Gasteiger partial charge in [0, 0.05) is 57.8 Å². The fourth-order valence-electron chi connectivity index (χ4n) is 5.76. The summed E-state index contributed by atoms with van der Waals surface area (Å²) in [7, 11) is 0. The standard InChI is InChI=1S/C23H40N4O2/c28-22(20-8-16-27(17-9-20)23(29)26-12-4-5-13-26)24-21-10-14-25(15-11-21)18-19-6-2-1-3-7-19/h19-21H,1-18H2,(H,24,28). The Hall–Kier alpha value is -1.30. The zero-order valence-electron chi connectivity index (χ0n) is 18.1. The number of amides is 3. The molecular formula is C23H40N4O2. The lowest BCUT2D eigenvalue weighted by Gasteiger charge is -2.37. The van der Waals surface area contributed by atoms with Crippen LogP contribution in [0, 0.1) is 11.8 Å². The van der Waals surface area contributed by atoms with Crippen LogP contribution in [-0.4, -0.2) is 78.5 Å². The maximum absolute atomic E-state index is 12.8. The van der Waals surface area contributed by atoms with Gasteiger partial charge in [-0.3, -0.25) is 4.79 Å². The molecule has 4 rings (SSSR count). The first-order valence-electron chi connectivity index (χ1n) is 12.3. The van der Waals surface area contributed by atoms with Gasteiger partial charge < -0.3 is 20.0 Å². The summed E-state index contributed by atoms with van der Waals surface area (Å²) in [5, 5.41) is 3.33. The van der Waals surface area contributed by atoms with Gasteiger partial charge in [0.15, 0.2) is 0 Å². The molecule has 0 unspecified atom stereocenters. The SMILES string of the molecule is O=C(NC1CCN(CC2CCCCC2)CC1)C1CCN(C(=O)N2CCCC2)CC1. The molecule has 0 aromatic heterocycles. The lowest BCUT2D eigenvalue weighted by molar-refractivity contribution is -0.127. The van der Waals surface area contributed by atoms with Crippen LogP contribution in [0.3, 0.4) is 0 Å². The topological polar surface area (TPSA) is 55.9 Å². The quantitative estimate of drug-likeness (QED) is 0.783. The minimum atomic E-state index is 0.0814. The molecule has 6 heteroatoms. The van der Waals surface area contributed by atoms with Gasteiger partial charge in [0.25, 0.3) is 0 Å². The number of hydrogen-bond acceptors (Lipinski definition) is 3. The van der Waals surface area contributed by atoms with E-state index in [-0.39, 0.29) is 17.9 Å². The first-order chi connectivity index (χ1) is 14.2. The summed E-state index contributed by atoms with van der Waals surface area (Å²) in [5.41, 5.74) is 0. The molecule has 0 atom stereocenters. The number of carbonyl (C=O) groups excluding carboxylic acids is 2. The molecule has 3 saturated heterocycles. The van der Waals surface area contributed by atoms with E-state index in [4.69, 9.17) is 0 Å². The van der Waals surface area contributed by atoms with Gasteiger partial charge >= 0.3 is 6.03 Å². The van der Waals surface area contributed by atoms with Crippen molar-refractivity contribution in [3.05, 3.63) is 0 Å². The zero-order valence-corrected chi connectivity index (χ0v) is 18.1. The van der Waals surface area contributed by atoms with Crippen molar-refractivity contribution in [1.82, 2.24) is 20.0 Å². The van der Waals surface area contributed by atoms with Crippen LogP contribution in [0.4, 0.5) is 4.79 Å². The average molecular weight is 405 g/mol. The summed E-state index contributed by atoms with van der Waals surface area (Å²) in [6.07, 6.45) is 13.1. The van der Waals surface area contributed by atoms with E-state index in [1.165, 1.54) is 38.6 Å². The second-order valence-corrected chi connectivity index (χ2v) is 9.83. The predicted octanol–water partition coefficient (Wildman–Crippen LogP) is 3.08. The van der Waals surface area contributed by atoms with Gasteiger partial charge in [0.2, 0.25) is 5.91 Å². The van der Waals surface area contributed by atoms with E-state index in [0.717, 1.165) is 83.7 Å². The van der Waals surface area contributed by atoms with E-state index in [1.807, 2.05) is 9.80 Å². The number of nitrogens with one attached hydrogen (secondary N) is 1. The summed E-state index contributed by atoms with van der Waals surface area (Å²) < 4.78 is 0. The molecule has 1 aliphatic carbocycles. The first-order valence-corrected chi connectivity index (χ1v) is 12.3. The van der Waals surface area contributed by atoms with Crippen LogP contribution in [0.25, 0.3) is 0 Å². The number of carbonyl (C=O) groups is 2. The maximum Gasteiger partial charge on any atom is 0.319 e. The molecule has 0 spiro atoms. The van der Waals surface area contributed by atoms with E-state index < -0.39 is 0 Å². The van der Waals surface area contributed by atoms with Crippen LogP contribution in [-0.2, 0) is 4.79 Å². The third kappa shape index (κ3) is 5.65. The molecule has 0 aromatic rings. The molecule has 4 fully saturated rings. The van der Waals surface area contributed by atoms with Crippen LogP contribution in [0.15, 0.2) is 0 Å². The molecule has 3 heterocycles. The van der Waals surface area contributed by atoms with Crippen molar-refractivity contribution in [3.63, 3.8) is 0 Å². The summed E-state index contributed by atoms with van der Waals surface area (Å²) in [6.45, 7) is 6.79. The Bertz CT molecular complexity index is 541. The number of nitrogens with zero attached hydrogens (tertiary/aromatic N) is 3. The van der Waals surface area contributed by atoms with Gasteiger partial charge in [-0.15, -0.1) is 0 Å². The van der Waals surface area contributed by atoms with Gasteiger partial charge in [-0.1, -0.05) is 19.3 Å². The van der Waals surface area contributed by atoms with Crippen LogP contribution in [0.1, 0.15) is 70.6 Å². The predicted molar refractivity (Wildman–Crippen MR) is 115 cm³/mol. The Morgan fingerprint density at radius 1 is 0.690 bits per heavy atom. The molecule has 0 aromatic carbocycles. The number of hydrogen-bond donors (Lipinski definition) is 1. The smallest absolute Gasteiger partial charge is 0.319 e. The first kappa shape index (κ1) is 21.0. The normalized spacial score (nSPS) is 26.1. The summed E-state index contributed by atoms with van der Waals surface area (Å²) >= 11 is 0. The van der Waals surface area contributed by atoms with Gasteiger partial charge in [0.05, 0.1) is 0 Å². The molecule has 4 aliphatic rings. The number of likely N-dealkylation sites (tertiary alicyclic amines) is 3. The lowest BCUT2D eigenvalue weighted by atomic mass is 9.88. The Morgan fingerprint density at radius 2 is 1.31 bits per heavy atom. The van der Waals surface area contributed by atoms with Crippen LogP contribution in [0.5, 0.6) is 0 Å². The molecule has 1 saturated carbocycles. The van der Waals surface area contributed by atoms with Crippen molar-refractivity contribution in [1.29, 1.82) is 0 Å². The Kier molecular flexibility index (Phi) is 7.33. The van der Waals surface area contributed by atoms with E-state index in [9.17, 15) is 9.59 Å². The fraction of sp³-hybridized carbons (Fsp3) is 0.913. The molecule has 0 radical (unpaired) electrons.